The number of aromatic nitrogens is 4. The Morgan fingerprint density at radius 2 is 2.00 bits per heavy atom. The van der Waals surface area contributed by atoms with E-state index in [9.17, 15) is 0 Å². The van der Waals surface area contributed by atoms with Crippen LogP contribution >= 0.6 is 0 Å². The van der Waals surface area contributed by atoms with Crippen molar-refractivity contribution in [3.05, 3.63) is 29.8 Å². The standard InChI is InChI=1S/C9H11BN4O2/c1-6-3-12-14(5-6)9-11-4-8(10(15)16)7(2)13-9/h3-5,15-16H,1-2H3. The first-order chi connectivity index (χ1) is 7.58. The number of hydrogen-bond donors (Lipinski definition) is 2. The summed E-state index contributed by atoms with van der Waals surface area (Å²) in [7, 11) is -1.55. The maximum atomic E-state index is 9.02. The molecule has 0 atom stereocenters. The van der Waals surface area contributed by atoms with Crippen molar-refractivity contribution in [1.29, 1.82) is 0 Å². The van der Waals surface area contributed by atoms with Crippen LogP contribution in [-0.2, 0) is 0 Å². The van der Waals surface area contributed by atoms with Crippen molar-refractivity contribution in [3.63, 3.8) is 0 Å². The molecule has 0 bridgehead atoms. The Hall–Kier alpha value is -1.73. The second-order valence-corrected chi connectivity index (χ2v) is 3.55. The average molecular weight is 218 g/mol. The van der Waals surface area contributed by atoms with Crippen LogP contribution in [0.15, 0.2) is 18.6 Å². The fourth-order valence-electron chi connectivity index (χ4n) is 1.35. The molecule has 0 saturated carbocycles. The summed E-state index contributed by atoms with van der Waals surface area (Å²) in [4.78, 5) is 8.16. The minimum atomic E-state index is -1.55. The lowest BCUT2D eigenvalue weighted by molar-refractivity contribution is 0.425. The van der Waals surface area contributed by atoms with Crippen molar-refractivity contribution in [2.45, 2.75) is 13.8 Å². The summed E-state index contributed by atoms with van der Waals surface area (Å²) < 4.78 is 1.54. The summed E-state index contributed by atoms with van der Waals surface area (Å²) in [5.74, 6) is 0.412. The summed E-state index contributed by atoms with van der Waals surface area (Å²) in [5, 5.41) is 22.1. The topological polar surface area (TPSA) is 84.1 Å². The number of hydrogen-bond acceptors (Lipinski definition) is 5. The van der Waals surface area contributed by atoms with Crippen LogP contribution in [0.3, 0.4) is 0 Å². The van der Waals surface area contributed by atoms with Crippen molar-refractivity contribution in [3.8, 4) is 5.95 Å². The molecule has 0 saturated heterocycles. The zero-order valence-electron chi connectivity index (χ0n) is 8.99. The largest absolute Gasteiger partial charge is 0.491 e. The molecule has 2 heterocycles. The van der Waals surface area contributed by atoms with Gasteiger partial charge in [-0.2, -0.15) is 5.10 Å². The third-order valence-electron chi connectivity index (χ3n) is 2.20. The maximum absolute atomic E-state index is 9.02. The van der Waals surface area contributed by atoms with Crippen LogP contribution in [0.5, 0.6) is 0 Å². The van der Waals surface area contributed by atoms with Crippen molar-refractivity contribution in [1.82, 2.24) is 19.7 Å². The summed E-state index contributed by atoms with van der Waals surface area (Å²) >= 11 is 0. The summed E-state index contributed by atoms with van der Waals surface area (Å²) in [5.41, 5.74) is 1.83. The quantitative estimate of drug-likeness (QED) is 0.629. The lowest BCUT2D eigenvalue weighted by atomic mass is 9.80. The monoisotopic (exact) mass is 218 g/mol. The van der Waals surface area contributed by atoms with Gasteiger partial charge in [0.2, 0.25) is 0 Å². The SMILES string of the molecule is Cc1cnn(-c2ncc(B(O)O)c(C)n2)c1. The minimum Gasteiger partial charge on any atom is -0.423 e. The molecule has 82 valence electrons. The Kier molecular flexibility index (Phi) is 2.72. The highest BCUT2D eigenvalue weighted by Gasteiger charge is 2.16. The highest BCUT2D eigenvalue weighted by molar-refractivity contribution is 6.58. The zero-order valence-corrected chi connectivity index (χ0v) is 8.99. The van der Waals surface area contributed by atoms with E-state index in [1.54, 1.807) is 19.3 Å². The molecule has 0 amide bonds. The molecule has 2 rings (SSSR count). The van der Waals surface area contributed by atoms with Crippen molar-refractivity contribution < 1.29 is 10.0 Å². The van der Waals surface area contributed by atoms with E-state index in [1.165, 1.54) is 10.9 Å². The highest BCUT2D eigenvalue weighted by atomic mass is 16.4. The third-order valence-corrected chi connectivity index (χ3v) is 2.20. The van der Waals surface area contributed by atoms with E-state index in [0.717, 1.165) is 5.56 Å². The molecule has 2 aromatic rings. The molecule has 0 aliphatic carbocycles. The molecule has 0 aliphatic heterocycles. The normalized spacial score (nSPS) is 10.5. The summed E-state index contributed by atoms with van der Waals surface area (Å²) in [6.45, 7) is 3.61. The summed E-state index contributed by atoms with van der Waals surface area (Å²) in [6, 6.07) is 0. The van der Waals surface area contributed by atoms with Crippen LogP contribution in [0.4, 0.5) is 0 Å². The molecule has 0 aliphatic rings. The van der Waals surface area contributed by atoms with Gasteiger partial charge < -0.3 is 10.0 Å². The Labute approximate surface area is 92.7 Å². The van der Waals surface area contributed by atoms with Gasteiger partial charge in [-0.25, -0.2) is 14.6 Å². The fourth-order valence-corrected chi connectivity index (χ4v) is 1.35. The van der Waals surface area contributed by atoms with Gasteiger partial charge in [-0.3, -0.25) is 0 Å². The molecule has 2 N–H and O–H groups in total. The second kappa shape index (κ2) is 4.03. The molecular weight excluding hydrogens is 207 g/mol. The van der Waals surface area contributed by atoms with Gasteiger partial charge in [0.1, 0.15) is 0 Å². The first-order valence-corrected chi connectivity index (χ1v) is 4.79. The molecule has 0 fully saturated rings. The molecule has 2 aromatic heterocycles. The Morgan fingerprint density at radius 1 is 1.25 bits per heavy atom. The van der Waals surface area contributed by atoms with E-state index >= 15 is 0 Å². The smallest absolute Gasteiger partial charge is 0.423 e. The Bertz CT molecular complexity index is 512. The van der Waals surface area contributed by atoms with Gasteiger partial charge in [-0.05, 0) is 19.4 Å². The summed E-state index contributed by atoms with van der Waals surface area (Å²) in [6.07, 6.45) is 4.89. The third kappa shape index (κ3) is 1.95. The van der Waals surface area contributed by atoms with E-state index in [1.807, 2.05) is 6.92 Å². The molecule has 16 heavy (non-hydrogen) atoms. The molecular formula is C9H11BN4O2. The van der Waals surface area contributed by atoms with Crippen molar-refractivity contribution in [2.75, 3.05) is 0 Å². The lowest BCUT2D eigenvalue weighted by Gasteiger charge is -2.05. The van der Waals surface area contributed by atoms with Gasteiger partial charge in [0.25, 0.3) is 5.95 Å². The molecule has 0 radical (unpaired) electrons. The maximum Gasteiger partial charge on any atom is 0.491 e. The molecule has 0 spiro atoms. The van der Waals surface area contributed by atoms with Gasteiger partial charge in [0.05, 0.1) is 6.20 Å². The van der Waals surface area contributed by atoms with Gasteiger partial charge in [0.15, 0.2) is 0 Å². The van der Waals surface area contributed by atoms with Gasteiger partial charge in [-0.15, -0.1) is 0 Å². The Balaban J connectivity index is 2.42. The van der Waals surface area contributed by atoms with E-state index in [4.69, 9.17) is 10.0 Å². The molecule has 6 nitrogen and oxygen atoms in total. The molecule has 0 aromatic carbocycles. The second-order valence-electron chi connectivity index (χ2n) is 3.55. The first-order valence-electron chi connectivity index (χ1n) is 4.79. The van der Waals surface area contributed by atoms with E-state index in [2.05, 4.69) is 15.1 Å². The van der Waals surface area contributed by atoms with Crippen LogP contribution in [0.1, 0.15) is 11.3 Å². The van der Waals surface area contributed by atoms with Crippen LogP contribution in [0.25, 0.3) is 5.95 Å². The fraction of sp³-hybridized carbons (Fsp3) is 0.222. The van der Waals surface area contributed by atoms with Crippen LogP contribution < -0.4 is 5.46 Å². The predicted molar refractivity (Wildman–Crippen MR) is 58.5 cm³/mol. The van der Waals surface area contributed by atoms with Gasteiger partial charge in [-0.1, -0.05) is 0 Å². The Morgan fingerprint density at radius 3 is 2.50 bits per heavy atom. The predicted octanol–water partition coefficient (Wildman–Crippen LogP) is -1.04. The highest BCUT2D eigenvalue weighted by Crippen LogP contribution is 2.01. The van der Waals surface area contributed by atoms with Crippen LogP contribution in [0, 0.1) is 13.8 Å². The number of aryl methyl sites for hydroxylation is 2. The zero-order chi connectivity index (χ0) is 11.7. The number of nitrogens with zero attached hydrogens (tertiary/aromatic N) is 4. The van der Waals surface area contributed by atoms with Gasteiger partial charge in [0, 0.05) is 23.6 Å². The average Bonchev–Trinajstić information content (AvgIpc) is 2.64. The number of rotatable bonds is 2. The molecule has 0 unspecified atom stereocenters. The van der Waals surface area contributed by atoms with Crippen molar-refractivity contribution in [2.24, 2.45) is 0 Å². The molecule has 7 heteroatoms. The van der Waals surface area contributed by atoms with E-state index < -0.39 is 7.12 Å². The van der Waals surface area contributed by atoms with E-state index in [0.29, 0.717) is 17.1 Å². The van der Waals surface area contributed by atoms with E-state index in [-0.39, 0.29) is 0 Å². The minimum absolute atomic E-state index is 0.299. The lowest BCUT2D eigenvalue weighted by Crippen LogP contribution is -2.33. The van der Waals surface area contributed by atoms with Gasteiger partial charge >= 0.3 is 7.12 Å². The first kappa shape index (κ1) is 10.8. The van der Waals surface area contributed by atoms with Crippen LogP contribution in [-0.4, -0.2) is 36.9 Å². The van der Waals surface area contributed by atoms with Crippen molar-refractivity contribution >= 4 is 12.6 Å². The van der Waals surface area contributed by atoms with Crippen LogP contribution in [0.2, 0.25) is 0 Å².